The number of nitrogens with one attached hydrogen (secondary N) is 1. The number of halogens is 3. The quantitative estimate of drug-likeness (QED) is 0.316. The van der Waals surface area contributed by atoms with E-state index in [0.29, 0.717) is 5.13 Å². The van der Waals surface area contributed by atoms with Crippen LogP contribution in [-0.2, 0) is 6.18 Å². The predicted molar refractivity (Wildman–Crippen MR) is 103 cm³/mol. The number of rotatable bonds is 6. The van der Waals surface area contributed by atoms with E-state index < -0.39 is 16.7 Å². The number of aromatic nitrogens is 1. The molecular weight excluding hydrogens is 409 g/mol. The van der Waals surface area contributed by atoms with Crippen LogP contribution >= 0.6 is 11.3 Å². The smallest absolute Gasteiger partial charge is 0.416 e. The Hall–Kier alpha value is -3.47. The summed E-state index contributed by atoms with van der Waals surface area (Å²) in [6.07, 6.45) is -3.25. The van der Waals surface area contributed by atoms with Crippen LogP contribution in [0.25, 0.3) is 0 Å². The number of aryl methyl sites for hydroxylation is 1. The van der Waals surface area contributed by atoms with Gasteiger partial charge in [-0.3, -0.25) is 15.5 Å². The van der Waals surface area contributed by atoms with E-state index in [1.165, 1.54) is 47.9 Å². The van der Waals surface area contributed by atoms with Gasteiger partial charge in [-0.25, -0.2) is 4.98 Å². The van der Waals surface area contributed by atoms with Crippen LogP contribution in [0.4, 0.5) is 24.0 Å². The van der Waals surface area contributed by atoms with Gasteiger partial charge in [0.05, 0.1) is 22.4 Å². The topological polar surface area (TPSA) is 89.7 Å². The molecule has 0 saturated heterocycles. The van der Waals surface area contributed by atoms with E-state index in [2.05, 4.69) is 15.5 Å². The number of ether oxygens (including phenoxy) is 1. The van der Waals surface area contributed by atoms with Gasteiger partial charge in [-0.05, 0) is 31.2 Å². The summed E-state index contributed by atoms with van der Waals surface area (Å²) in [4.78, 5) is 14.6. The Morgan fingerprint density at radius 3 is 2.72 bits per heavy atom. The molecule has 0 aliphatic rings. The number of hydrogen-bond donors (Lipinski definition) is 1. The third-order valence-corrected chi connectivity index (χ3v) is 4.44. The fourth-order valence-corrected chi connectivity index (χ4v) is 2.91. The molecule has 3 aromatic rings. The van der Waals surface area contributed by atoms with E-state index in [4.69, 9.17) is 4.74 Å². The third-order valence-electron chi connectivity index (χ3n) is 3.58. The van der Waals surface area contributed by atoms with Gasteiger partial charge in [0.15, 0.2) is 0 Å². The van der Waals surface area contributed by atoms with E-state index in [-0.39, 0.29) is 22.7 Å². The minimum absolute atomic E-state index is 0.0631. The molecule has 0 aliphatic heterocycles. The van der Waals surface area contributed by atoms with Crippen molar-refractivity contribution in [3.05, 3.63) is 74.8 Å². The number of alkyl halides is 3. The highest BCUT2D eigenvalue weighted by Gasteiger charge is 2.30. The van der Waals surface area contributed by atoms with Crippen LogP contribution in [0.3, 0.4) is 0 Å². The molecule has 0 bridgehead atoms. The van der Waals surface area contributed by atoms with E-state index in [1.54, 1.807) is 0 Å². The summed E-state index contributed by atoms with van der Waals surface area (Å²) < 4.78 is 44.2. The maximum absolute atomic E-state index is 12.9. The van der Waals surface area contributed by atoms with Crippen LogP contribution in [0.2, 0.25) is 0 Å². The molecule has 11 heteroatoms. The fourth-order valence-electron chi connectivity index (χ4n) is 2.27. The minimum atomic E-state index is -4.52. The van der Waals surface area contributed by atoms with Crippen LogP contribution in [-0.4, -0.2) is 16.1 Å². The minimum Gasteiger partial charge on any atom is -0.457 e. The number of nitrogens with zero attached hydrogens (tertiary/aromatic N) is 3. The number of non-ortho nitro benzene ring substituents is 1. The number of thiazole rings is 1. The van der Waals surface area contributed by atoms with Crippen molar-refractivity contribution in [2.24, 2.45) is 5.10 Å². The first-order valence-electron chi connectivity index (χ1n) is 8.07. The molecule has 0 saturated carbocycles. The van der Waals surface area contributed by atoms with Crippen molar-refractivity contribution in [1.29, 1.82) is 0 Å². The van der Waals surface area contributed by atoms with Crippen LogP contribution in [0.5, 0.6) is 11.5 Å². The van der Waals surface area contributed by atoms with Gasteiger partial charge in [-0.1, -0.05) is 6.07 Å². The molecule has 1 aromatic heterocycles. The molecule has 1 heterocycles. The Balaban J connectivity index is 1.88. The van der Waals surface area contributed by atoms with Crippen molar-refractivity contribution in [3.8, 4) is 11.5 Å². The molecule has 0 fully saturated rings. The van der Waals surface area contributed by atoms with E-state index in [9.17, 15) is 23.3 Å². The van der Waals surface area contributed by atoms with E-state index in [1.807, 2.05) is 12.3 Å². The molecule has 0 radical (unpaired) electrons. The first-order valence-corrected chi connectivity index (χ1v) is 8.95. The largest absolute Gasteiger partial charge is 0.457 e. The molecule has 0 unspecified atom stereocenters. The fraction of sp³-hybridized carbons (Fsp3) is 0.111. The number of hydrogen-bond acceptors (Lipinski definition) is 7. The lowest BCUT2D eigenvalue weighted by atomic mass is 10.2. The lowest BCUT2D eigenvalue weighted by molar-refractivity contribution is -0.384. The number of hydrazone groups is 1. The van der Waals surface area contributed by atoms with E-state index >= 15 is 0 Å². The lowest BCUT2D eigenvalue weighted by Crippen LogP contribution is -2.04. The van der Waals surface area contributed by atoms with E-state index in [0.717, 1.165) is 17.8 Å². The molecule has 0 spiro atoms. The van der Waals surface area contributed by atoms with Crippen LogP contribution < -0.4 is 10.2 Å². The molecule has 1 N–H and O–H groups in total. The van der Waals surface area contributed by atoms with Gasteiger partial charge < -0.3 is 4.74 Å². The third kappa shape index (κ3) is 5.29. The summed E-state index contributed by atoms with van der Waals surface area (Å²) in [6, 6.07) is 8.04. The number of anilines is 1. The van der Waals surface area contributed by atoms with Crippen molar-refractivity contribution < 1.29 is 22.8 Å². The van der Waals surface area contributed by atoms with Crippen molar-refractivity contribution in [3.63, 3.8) is 0 Å². The zero-order valence-corrected chi connectivity index (χ0v) is 15.6. The molecule has 2 aromatic carbocycles. The summed E-state index contributed by atoms with van der Waals surface area (Å²) in [5.74, 6) is 0.0441. The second kappa shape index (κ2) is 8.27. The zero-order chi connectivity index (χ0) is 21.0. The van der Waals surface area contributed by atoms with Gasteiger partial charge in [-0.15, -0.1) is 11.3 Å². The normalized spacial score (nSPS) is 11.6. The van der Waals surface area contributed by atoms with Gasteiger partial charge in [0.1, 0.15) is 11.5 Å². The maximum atomic E-state index is 12.9. The number of nitro benzene ring substituents is 1. The lowest BCUT2D eigenvalue weighted by Gasteiger charge is -2.11. The first kappa shape index (κ1) is 20.3. The molecule has 29 heavy (non-hydrogen) atoms. The van der Waals surface area contributed by atoms with Crippen LogP contribution in [0.15, 0.2) is 52.9 Å². The van der Waals surface area contributed by atoms with Crippen LogP contribution in [0, 0.1) is 17.0 Å². The summed E-state index contributed by atoms with van der Waals surface area (Å²) in [5, 5.41) is 17.4. The molecule has 3 rings (SSSR count). The number of benzene rings is 2. The van der Waals surface area contributed by atoms with Crippen molar-refractivity contribution in [2.75, 3.05) is 5.43 Å². The van der Waals surface area contributed by atoms with Crippen molar-refractivity contribution >= 4 is 28.4 Å². The highest BCUT2D eigenvalue weighted by Crippen LogP contribution is 2.34. The Bertz CT molecular complexity index is 1070. The highest BCUT2D eigenvalue weighted by molar-refractivity contribution is 7.13. The second-order valence-electron chi connectivity index (χ2n) is 5.77. The van der Waals surface area contributed by atoms with Gasteiger partial charge in [0.25, 0.3) is 5.69 Å². The predicted octanol–water partition coefficient (Wildman–Crippen LogP) is 5.62. The SMILES string of the molecule is Cc1csc(NN=Cc2cc([N+](=O)[O-])ccc2Oc2cccc(C(F)(F)F)c2)n1. The second-order valence-corrected chi connectivity index (χ2v) is 6.63. The average molecular weight is 422 g/mol. The van der Waals surface area contributed by atoms with Crippen LogP contribution in [0.1, 0.15) is 16.8 Å². The first-order chi connectivity index (χ1) is 13.7. The van der Waals surface area contributed by atoms with Crippen molar-refractivity contribution in [2.45, 2.75) is 13.1 Å². The Labute approximate surface area is 166 Å². The molecular formula is C18H13F3N4O3S. The van der Waals surface area contributed by atoms with Gasteiger partial charge in [0, 0.05) is 23.1 Å². The summed E-state index contributed by atoms with van der Waals surface area (Å²) >= 11 is 1.32. The maximum Gasteiger partial charge on any atom is 0.416 e. The standard InChI is InChI=1S/C18H13F3N4O3S/c1-11-10-29-17(23-11)24-22-9-12-7-14(25(26)27)5-6-16(12)28-15-4-2-3-13(8-15)18(19,20)21/h2-10H,1H3,(H,23,24). The average Bonchev–Trinajstić information content (AvgIpc) is 3.07. The number of nitro groups is 1. The molecule has 0 atom stereocenters. The Morgan fingerprint density at radius 1 is 1.28 bits per heavy atom. The monoisotopic (exact) mass is 422 g/mol. The summed E-state index contributed by atoms with van der Waals surface area (Å²) in [7, 11) is 0. The highest BCUT2D eigenvalue weighted by atomic mass is 32.1. The Morgan fingerprint density at radius 2 is 2.07 bits per heavy atom. The zero-order valence-electron chi connectivity index (χ0n) is 14.8. The molecule has 150 valence electrons. The van der Waals surface area contributed by atoms with Gasteiger partial charge >= 0.3 is 6.18 Å². The van der Waals surface area contributed by atoms with Crippen molar-refractivity contribution in [1.82, 2.24) is 4.98 Å². The van der Waals surface area contributed by atoms with Gasteiger partial charge in [-0.2, -0.15) is 18.3 Å². The van der Waals surface area contributed by atoms with Gasteiger partial charge in [0.2, 0.25) is 5.13 Å². The molecule has 0 aliphatic carbocycles. The Kier molecular flexibility index (Phi) is 5.78. The molecule has 0 amide bonds. The summed E-state index contributed by atoms with van der Waals surface area (Å²) in [6.45, 7) is 1.81. The summed E-state index contributed by atoms with van der Waals surface area (Å²) in [5.41, 5.74) is 2.61. The molecule has 7 nitrogen and oxygen atoms in total.